The van der Waals surface area contributed by atoms with Crippen molar-refractivity contribution < 1.29 is 9.90 Å². The van der Waals surface area contributed by atoms with Crippen LogP contribution < -0.4 is 5.56 Å². The van der Waals surface area contributed by atoms with Crippen molar-refractivity contribution in [3.05, 3.63) is 33.2 Å². The molecule has 0 saturated heterocycles. The van der Waals surface area contributed by atoms with Crippen molar-refractivity contribution in [3.8, 4) is 0 Å². The van der Waals surface area contributed by atoms with Crippen molar-refractivity contribution in [2.24, 2.45) is 0 Å². The summed E-state index contributed by atoms with van der Waals surface area (Å²) in [6.07, 6.45) is 0.658. The molecule has 1 amide bonds. The van der Waals surface area contributed by atoms with E-state index in [1.54, 1.807) is 20.9 Å². The molecule has 7 heteroatoms. The van der Waals surface area contributed by atoms with E-state index in [4.69, 9.17) is 0 Å². The molecule has 0 radical (unpaired) electrons. The van der Waals surface area contributed by atoms with E-state index in [0.29, 0.717) is 4.96 Å². The largest absolute Gasteiger partial charge is 0.392 e. The van der Waals surface area contributed by atoms with Gasteiger partial charge in [-0.2, -0.15) is 0 Å². The Kier molecular flexibility index (Phi) is 3.68. The van der Waals surface area contributed by atoms with Crippen LogP contribution in [-0.2, 0) is 0 Å². The van der Waals surface area contributed by atoms with Crippen molar-refractivity contribution in [2.75, 3.05) is 13.6 Å². The molecule has 102 valence electrons. The zero-order valence-electron chi connectivity index (χ0n) is 11.0. The van der Waals surface area contributed by atoms with Gasteiger partial charge >= 0.3 is 0 Å². The van der Waals surface area contributed by atoms with Crippen LogP contribution in [0.25, 0.3) is 4.96 Å². The fourth-order valence-corrected chi connectivity index (χ4v) is 2.68. The number of thiazole rings is 1. The van der Waals surface area contributed by atoms with E-state index in [1.807, 2.05) is 5.38 Å². The first-order valence-corrected chi connectivity index (χ1v) is 6.69. The molecule has 1 atom stereocenters. The van der Waals surface area contributed by atoms with Gasteiger partial charge in [-0.3, -0.25) is 14.0 Å². The molecular formula is C12H15N3O3S. The number of amides is 1. The monoisotopic (exact) mass is 281 g/mol. The van der Waals surface area contributed by atoms with Gasteiger partial charge in [0.05, 0.1) is 6.10 Å². The number of likely N-dealkylation sites (N-methyl/N-ethyl adjacent to an activating group) is 1. The van der Waals surface area contributed by atoms with Crippen molar-refractivity contribution >= 4 is 22.2 Å². The summed E-state index contributed by atoms with van der Waals surface area (Å²) in [5.74, 6) is -0.432. The third-order valence-electron chi connectivity index (χ3n) is 2.73. The van der Waals surface area contributed by atoms with E-state index in [-0.39, 0.29) is 17.7 Å². The van der Waals surface area contributed by atoms with Crippen LogP contribution in [0.5, 0.6) is 0 Å². The van der Waals surface area contributed by atoms with Gasteiger partial charge in [0.1, 0.15) is 5.56 Å². The minimum absolute atomic E-state index is 0.0159. The van der Waals surface area contributed by atoms with E-state index in [9.17, 15) is 14.7 Å². The number of aromatic nitrogens is 2. The van der Waals surface area contributed by atoms with Gasteiger partial charge in [0.2, 0.25) is 0 Å². The Labute approximate surface area is 113 Å². The fraction of sp³-hybridized carbons (Fsp3) is 0.417. The number of nitrogens with zero attached hydrogens (tertiary/aromatic N) is 3. The van der Waals surface area contributed by atoms with Gasteiger partial charge in [0.15, 0.2) is 4.96 Å². The summed E-state index contributed by atoms with van der Waals surface area (Å²) in [5, 5.41) is 11.1. The molecule has 0 fully saturated rings. The number of fused-ring (bicyclic) bond motifs is 1. The molecule has 0 bridgehead atoms. The predicted molar refractivity (Wildman–Crippen MR) is 72.7 cm³/mol. The SMILES string of the molecule is Cc1csc2ncc(C(=O)N(C)CC(C)O)c(=O)n12. The smallest absolute Gasteiger partial charge is 0.271 e. The van der Waals surface area contributed by atoms with Crippen LogP contribution in [0.1, 0.15) is 23.0 Å². The lowest BCUT2D eigenvalue weighted by molar-refractivity contribution is 0.0701. The third kappa shape index (κ3) is 2.52. The Morgan fingerprint density at radius 3 is 2.95 bits per heavy atom. The van der Waals surface area contributed by atoms with Crippen molar-refractivity contribution in [3.63, 3.8) is 0 Å². The van der Waals surface area contributed by atoms with Crippen molar-refractivity contribution in [2.45, 2.75) is 20.0 Å². The number of carbonyl (C=O) groups is 1. The first-order valence-electron chi connectivity index (χ1n) is 5.81. The second kappa shape index (κ2) is 5.10. The lowest BCUT2D eigenvalue weighted by atomic mass is 10.2. The summed E-state index contributed by atoms with van der Waals surface area (Å²) >= 11 is 1.35. The van der Waals surface area contributed by atoms with Crippen LogP contribution in [0.2, 0.25) is 0 Å². The molecule has 2 aromatic heterocycles. The highest BCUT2D eigenvalue weighted by molar-refractivity contribution is 7.15. The van der Waals surface area contributed by atoms with Crippen molar-refractivity contribution in [1.29, 1.82) is 0 Å². The van der Waals surface area contributed by atoms with Gasteiger partial charge in [-0.1, -0.05) is 0 Å². The van der Waals surface area contributed by atoms with Gasteiger partial charge in [-0.25, -0.2) is 4.98 Å². The van der Waals surface area contributed by atoms with Gasteiger partial charge in [-0.15, -0.1) is 11.3 Å². The topological polar surface area (TPSA) is 74.9 Å². The van der Waals surface area contributed by atoms with Crippen LogP contribution in [0, 0.1) is 6.92 Å². The predicted octanol–water partition coefficient (Wildman–Crippen LogP) is 0.517. The second-order valence-electron chi connectivity index (χ2n) is 4.51. The summed E-state index contributed by atoms with van der Waals surface area (Å²) in [7, 11) is 1.55. The van der Waals surface area contributed by atoms with Crippen LogP contribution in [0.4, 0.5) is 0 Å². The average molecular weight is 281 g/mol. The van der Waals surface area contributed by atoms with Gasteiger partial charge < -0.3 is 10.0 Å². The molecule has 0 spiro atoms. The van der Waals surface area contributed by atoms with Crippen LogP contribution in [-0.4, -0.2) is 45.0 Å². The Hall–Kier alpha value is -1.73. The first-order chi connectivity index (χ1) is 8.91. The normalized spacial score (nSPS) is 12.6. The minimum atomic E-state index is -0.642. The standard InChI is InChI=1S/C12H15N3O3S/c1-7-6-19-12-13-4-9(11(18)15(7)12)10(17)14(3)5-8(2)16/h4,6,8,16H,5H2,1-3H3. The summed E-state index contributed by atoms with van der Waals surface area (Å²) in [5.41, 5.74) is 0.402. The van der Waals surface area contributed by atoms with E-state index in [2.05, 4.69) is 4.98 Å². The number of hydrogen-bond acceptors (Lipinski definition) is 5. The molecule has 6 nitrogen and oxygen atoms in total. The number of rotatable bonds is 3. The molecule has 19 heavy (non-hydrogen) atoms. The Balaban J connectivity index is 2.46. The highest BCUT2D eigenvalue weighted by Gasteiger charge is 2.19. The van der Waals surface area contributed by atoms with E-state index in [0.717, 1.165) is 5.69 Å². The number of aliphatic hydroxyl groups excluding tert-OH is 1. The number of carbonyl (C=O) groups excluding carboxylic acids is 1. The summed E-state index contributed by atoms with van der Waals surface area (Å²) in [6, 6.07) is 0. The zero-order chi connectivity index (χ0) is 14.2. The Bertz CT molecular complexity index is 674. The zero-order valence-corrected chi connectivity index (χ0v) is 11.8. The maximum Gasteiger partial charge on any atom is 0.271 e. The van der Waals surface area contributed by atoms with Crippen molar-refractivity contribution in [1.82, 2.24) is 14.3 Å². The van der Waals surface area contributed by atoms with Gasteiger partial charge in [-0.05, 0) is 13.8 Å². The minimum Gasteiger partial charge on any atom is -0.392 e. The molecule has 2 aromatic rings. The summed E-state index contributed by atoms with van der Waals surface area (Å²) in [6.45, 7) is 3.55. The fourth-order valence-electron chi connectivity index (χ4n) is 1.86. The first kappa shape index (κ1) is 13.7. The molecule has 1 N–H and O–H groups in total. The Morgan fingerprint density at radius 2 is 2.32 bits per heavy atom. The van der Waals surface area contributed by atoms with Crippen LogP contribution >= 0.6 is 11.3 Å². The van der Waals surface area contributed by atoms with Crippen LogP contribution in [0.15, 0.2) is 16.4 Å². The van der Waals surface area contributed by atoms with Gasteiger partial charge in [0, 0.05) is 30.9 Å². The lowest BCUT2D eigenvalue weighted by Gasteiger charge is -2.18. The summed E-state index contributed by atoms with van der Waals surface area (Å²) in [4.78, 5) is 30.4. The molecule has 0 aliphatic rings. The molecule has 0 aliphatic carbocycles. The quantitative estimate of drug-likeness (QED) is 0.890. The highest BCUT2D eigenvalue weighted by atomic mass is 32.1. The lowest BCUT2D eigenvalue weighted by Crippen LogP contribution is -2.37. The Morgan fingerprint density at radius 1 is 1.63 bits per heavy atom. The second-order valence-corrected chi connectivity index (χ2v) is 5.34. The van der Waals surface area contributed by atoms with Crippen LogP contribution in [0.3, 0.4) is 0 Å². The molecule has 1 unspecified atom stereocenters. The molecule has 2 heterocycles. The number of aliphatic hydroxyl groups is 1. The maximum atomic E-state index is 12.3. The van der Waals surface area contributed by atoms with E-state index < -0.39 is 12.0 Å². The molecular weight excluding hydrogens is 266 g/mol. The molecule has 2 rings (SSSR count). The summed E-state index contributed by atoms with van der Waals surface area (Å²) < 4.78 is 1.42. The van der Waals surface area contributed by atoms with E-state index in [1.165, 1.54) is 26.8 Å². The third-order valence-corrected chi connectivity index (χ3v) is 3.69. The number of aryl methyl sites for hydroxylation is 1. The maximum absolute atomic E-state index is 12.3. The van der Waals surface area contributed by atoms with E-state index >= 15 is 0 Å². The number of hydrogen-bond donors (Lipinski definition) is 1. The van der Waals surface area contributed by atoms with Gasteiger partial charge in [0.25, 0.3) is 11.5 Å². The average Bonchev–Trinajstić information content (AvgIpc) is 2.70. The molecule has 0 aliphatic heterocycles. The highest BCUT2D eigenvalue weighted by Crippen LogP contribution is 2.11. The molecule has 0 aromatic carbocycles. The molecule has 0 saturated carbocycles.